The molecule has 3 N–H and O–H groups in total. The van der Waals surface area contributed by atoms with Crippen molar-refractivity contribution in [3.8, 4) is 0 Å². The SMILES string of the molecule is CCCCCC(C)NC(=NCc1ccc(C(=O)N2CCNC(=O)C2)cc1)NCC.I. The van der Waals surface area contributed by atoms with Crippen molar-refractivity contribution >= 4 is 41.8 Å². The first-order valence-electron chi connectivity index (χ1n) is 10.7. The van der Waals surface area contributed by atoms with Crippen molar-refractivity contribution in [1.29, 1.82) is 0 Å². The molecule has 0 aliphatic carbocycles. The van der Waals surface area contributed by atoms with Crippen LogP contribution in [-0.4, -0.2) is 54.9 Å². The maximum atomic E-state index is 12.5. The molecule has 30 heavy (non-hydrogen) atoms. The van der Waals surface area contributed by atoms with E-state index in [4.69, 9.17) is 0 Å². The molecule has 0 bridgehead atoms. The smallest absolute Gasteiger partial charge is 0.254 e. The van der Waals surface area contributed by atoms with E-state index in [9.17, 15) is 9.59 Å². The number of nitrogens with one attached hydrogen (secondary N) is 3. The number of carbonyl (C=O) groups excluding carboxylic acids is 2. The van der Waals surface area contributed by atoms with E-state index in [1.165, 1.54) is 19.3 Å². The van der Waals surface area contributed by atoms with Crippen molar-refractivity contribution in [3.05, 3.63) is 35.4 Å². The lowest BCUT2D eigenvalue weighted by atomic mass is 10.1. The number of carbonyl (C=O) groups is 2. The van der Waals surface area contributed by atoms with Crippen LogP contribution in [0.3, 0.4) is 0 Å². The molecule has 1 atom stereocenters. The fourth-order valence-corrected chi connectivity index (χ4v) is 3.24. The van der Waals surface area contributed by atoms with Crippen LogP contribution >= 0.6 is 24.0 Å². The summed E-state index contributed by atoms with van der Waals surface area (Å²) in [6.07, 6.45) is 4.83. The molecule has 1 aliphatic rings. The summed E-state index contributed by atoms with van der Waals surface area (Å²) in [4.78, 5) is 30.3. The molecule has 1 aromatic carbocycles. The highest BCUT2D eigenvalue weighted by Gasteiger charge is 2.22. The molecule has 0 saturated carbocycles. The van der Waals surface area contributed by atoms with E-state index in [2.05, 4.69) is 41.7 Å². The van der Waals surface area contributed by atoms with Gasteiger partial charge < -0.3 is 20.9 Å². The van der Waals surface area contributed by atoms with Crippen molar-refractivity contribution in [3.63, 3.8) is 0 Å². The Balaban J connectivity index is 0.00000450. The van der Waals surface area contributed by atoms with Gasteiger partial charge in [0.05, 0.1) is 13.1 Å². The number of benzene rings is 1. The topological polar surface area (TPSA) is 85.8 Å². The minimum Gasteiger partial charge on any atom is -0.357 e. The van der Waals surface area contributed by atoms with Crippen molar-refractivity contribution in [1.82, 2.24) is 20.9 Å². The lowest BCUT2D eigenvalue weighted by Crippen LogP contribution is -2.49. The molecule has 1 heterocycles. The van der Waals surface area contributed by atoms with Crippen LogP contribution in [0.25, 0.3) is 0 Å². The van der Waals surface area contributed by atoms with Crippen LogP contribution < -0.4 is 16.0 Å². The van der Waals surface area contributed by atoms with Crippen molar-refractivity contribution < 1.29 is 9.59 Å². The number of hydrogen-bond acceptors (Lipinski definition) is 3. The second kappa shape index (κ2) is 14.2. The summed E-state index contributed by atoms with van der Waals surface area (Å²) in [5, 5.41) is 9.49. The van der Waals surface area contributed by atoms with Crippen LogP contribution in [0.2, 0.25) is 0 Å². The summed E-state index contributed by atoms with van der Waals surface area (Å²) in [5.41, 5.74) is 1.63. The van der Waals surface area contributed by atoms with Crippen molar-refractivity contribution in [2.45, 2.75) is 59.0 Å². The Kier molecular flexibility index (Phi) is 12.4. The van der Waals surface area contributed by atoms with Crippen LogP contribution in [0.1, 0.15) is 62.4 Å². The summed E-state index contributed by atoms with van der Waals surface area (Å²) in [6.45, 7) is 8.98. The third kappa shape index (κ3) is 8.89. The van der Waals surface area contributed by atoms with E-state index in [0.29, 0.717) is 31.2 Å². The number of unbranched alkanes of at least 4 members (excludes halogenated alkanes) is 2. The standard InChI is InChI=1S/C22H35N5O2.HI/c1-4-6-7-8-17(3)26-22(23-5-2)25-15-18-9-11-19(12-10-18)21(29)27-14-13-24-20(28)16-27;/h9-12,17H,4-8,13-16H2,1-3H3,(H,24,28)(H2,23,25,26);1H. The fraction of sp³-hybridized carbons (Fsp3) is 0.591. The van der Waals surface area contributed by atoms with E-state index in [0.717, 1.165) is 24.5 Å². The first-order chi connectivity index (χ1) is 14.0. The first kappa shape index (κ1) is 26.2. The molecule has 168 valence electrons. The second-order valence-corrected chi connectivity index (χ2v) is 7.51. The van der Waals surface area contributed by atoms with Crippen LogP contribution in [0.5, 0.6) is 0 Å². The summed E-state index contributed by atoms with van der Waals surface area (Å²) in [5.74, 6) is 0.602. The van der Waals surface area contributed by atoms with Crippen molar-refractivity contribution in [2.24, 2.45) is 4.99 Å². The van der Waals surface area contributed by atoms with Crippen LogP contribution in [0.15, 0.2) is 29.3 Å². The lowest BCUT2D eigenvalue weighted by molar-refractivity contribution is -0.123. The number of halogens is 1. The zero-order valence-electron chi connectivity index (χ0n) is 18.4. The number of piperazine rings is 1. The molecule has 8 heteroatoms. The van der Waals surface area contributed by atoms with Crippen LogP contribution in [-0.2, 0) is 11.3 Å². The molecular formula is C22H36IN5O2. The molecule has 1 unspecified atom stereocenters. The molecule has 1 saturated heterocycles. The minimum absolute atomic E-state index is 0. The van der Waals surface area contributed by atoms with E-state index in [-0.39, 0.29) is 42.3 Å². The Labute approximate surface area is 197 Å². The van der Waals surface area contributed by atoms with Gasteiger partial charge in [-0.1, -0.05) is 38.3 Å². The minimum atomic E-state index is -0.108. The van der Waals surface area contributed by atoms with Crippen LogP contribution in [0, 0.1) is 0 Å². The normalized spacial score (nSPS) is 15.1. The molecule has 1 aromatic rings. The predicted molar refractivity (Wildman–Crippen MR) is 132 cm³/mol. The van der Waals surface area contributed by atoms with Crippen LogP contribution in [0.4, 0.5) is 0 Å². The van der Waals surface area contributed by atoms with Gasteiger partial charge in [-0.25, -0.2) is 4.99 Å². The number of nitrogens with zero attached hydrogens (tertiary/aromatic N) is 2. The number of aliphatic imine (C=N–C) groups is 1. The summed E-state index contributed by atoms with van der Waals surface area (Å²) in [7, 11) is 0. The van der Waals surface area contributed by atoms with E-state index in [1.807, 2.05) is 24.3 Å². The Morgan fingerprint density at radius 3 is 2.60 bits per heavy atom. The van der Waals surface area contributed by atoms with Gasteiger partial charge in [0, 0.05) is 31.2 Å². The number of guanidine groups is 1. The third-order valence-corrected chi connectivity index (χ3v) is 4.91. The van der Waals surface area contributed by atoms with E-state index < -0.39 is 0 Å². The maximum Gasteiger partial charge on any atom is 0.254 e. The summed E-state index contributed by atoms with van der Waals surface area (Å²) >= 11 is 0. The second-order valence-electron chi connectivity index (χ2n) is 7.51. The molecule has 0 radical (unpaired) electrons. The molecule has 7 nitrogen and oxygen atoms in total. The van der Waals surface area contributed by atoms with Gasteiger partial charge in [0.2, 0.25) is 5.91 Å². The highest BCUT2D eigenvalue weighted by molar-refractivity contribution is 14.0. The first-order valence-corrected chi connectivity index (χ1v) is 10.7. The average molecular weight is 529 g/mol. The number of hydrogen-bond donors (Lipinski definition) is 3. The fourth-order valence-electron chi connectivity index (χ4n) is 3.24. The van der Waals surface area contributed by atoms with E-state index in [1.54, 1.807) is 4.90 Å². The molecule has 1 fully saturated rings. The number of rotatable bonds is 9. The van der Waals surface area contributed by atoms with Gasteiger partial charge in [-0.2, -0.15) is 0 Å². The molecular weight excluding hydrogens is 493 g/mol. The summed E-state index contributed by atoms with van der Waals surface area (Å²) < 4.78 is 0. The largest absolute Gasteiger partial charge is 0.357 e. The van der Waals surface area contributed by atoms with E-state index >= 15 is 0 Å². The Hall–Kier alpha value is -1.84. The van der Waals surface area contributed by atoms with Gasteiger partial charge in [0.1, 0.15) is 0 Å². The van der Waals surface area contributed by atoms with Gasteiger partial charge in [-0.3, -0.25) is 9.59 Å². The third-order valence-electron chi connectivity index (χ3n) is 4.91. The molecule has 2 rings (SSSR count). The Morgan fingerprint density at radius 2 is 1.97 bits per heavy atom. The van der Waals surface area contributed by atoms with Gasteiger partial charge in [0.15, 0.2) is 5.96 Å². The molecule has 0 spiro atoms. The van der Waals surface area contributed by atoms with Gasteiger partial charge in [-0.15, -0.1) is 24.0 Å². The summed E-state index contributed by atoms with van der Waals surface area (Å²) in [6, 6.07) is 7.85. The van der Waals surface area contributed by atoms with Gasteiger partial charge in [-0.05, 0) is 38.0 Å². The van der Waals surface area contributed by atoms with Gasteiger partial charge >= 0.3 is 0 Å². The Bertz CT molecular complexity index is 693. The molecule has 1 aliphatic heterocycles. The number of amides is 2. The maximum absolute atomic E-state index is 12.5. The van der Waals surface area contributed by atoms with Gasteiger partial charge in [0.25, 0.3) is 5.91 Å². The molecule has 2 amide bonds. The highest BCUT2D eigenvalue weighted by atomic mass is 127. The monoisotopic (exact) mass is 529 g/mol. The Morgan fingerprint density at radius 1 is 1.23 bits per heavy atom. The zero-order valence-corrected chi connectivity index (χ0v) is 20.7. The lowest BCUT2D eigenvalue weighted by Gasteiger charge is -2.26. The quantitative estimate of drug-likeness (QED) is 0.199. The highest BCUT2D eigenvalue weighted by Crippen LogP contribution is 2.10. The van der Waals surface area contributed by atoms with Crippen molar-refractivity contribution in [2.75, 3.05) is 26.2 Å². The molecule has 0 aromatic heterocycles. The zero-order chi connectivity index (χ0) is 21.1. The predicted octanol–water partition coefficient (Wildman–Crippen LogP) is 2.90. The average Bonchev–Trinajstić information content (AvgIpc) is 2.72.